The van der Waals surface area contributed by atoms with Gasteiger partial charge in [0.25, 0.3) is 0 Å². The highest BCUT2D eigenvalue weighted by atomic mass is 19.1. The van der Waals surface area contributed by atoms with E-state index in [1.54, 1.807) is 22.9 Å². The number of rotatable bonds is 8. The average Bonchev–Trinajstić information content (AvgIpc) is 3.41. The molecule has 5 rings (SSSR count). The van der Waals surface area contributed by atoms with E-state index >= 15 is 0 Å². The fraction of sp³-hybridized carbons (Fsp3) is 0.407. The summed E-state index contributed by atoms with van der Waals surface area (Å²) in [4.78, 5) is 15.5. The van der Waals surface area contributed by atoms with Gasteiger partial charge < -0.3 is 9.64 Å². The van der Waals surface area contributed by atoms with Crippen molar-refractivity contribution >= 4 is 5.91 Å². The van der Waals surface area contributed by atoms with Gasteiger partial charge in [-0.15, -0.1) is 0 Å². The van der Waals surface area contributed by atoms with Crippen LogP contribution in [0, 0.1) is 11.7 Å². The third-order valence-corrected chi connectivity index (χ3v) is 6.70. The highest BCUT2D eigenvalue weighted by Crippen LogP contribution is 2.38. The molecule has 0 spiro atoms. The topological polar surface area (TPSA) is 47.4 Å². The zero-order valence-corrected chi connectivity index (χ0v) is 19.0. The summed E-state index contributed by atoms with van der Waals surface area (Å²) in [6.45, 7) is 2.49. The molecule has 2 saturated carbocycles. The quantitative estimate of drug-likeness (QED) is 0.422. The first-order valence-electron chi connectivity index (χ1n) is 12.0. The monoisotopic (exact) mass is 447 g/mol. The second kappa shape index (κ2) is 9.38. The fourth-order valence-corrected chi connectivity index (χ4v) is 4.75. The minimum Gasteiger partial charge on any atom is -0.435 e. The highest BCUT2D eigenvalue weighted by Gasteiger charge is 2.38. The van der Waals surface area contributed by atoms with Gasteiger partial charge in [0.1, 0.15) is 0 Å². The Bertz CT molecular complexity index is 1120. The summed E-state index contributed by atoms with van der Waals surface area (Å²) in [6.07, 6.45) is 6.98. The molecule has 172 valence electrons. The number of para-hydroxylation sites is 2. The summed E-state index contributed by atoms with van der Waals surface area (Å²) in [6, 6.07) is 16.4. The average molecular weight is 448 g/mol. The van der Waals surface area contributed by atoms with Crippen LogP contribution in [0.15, 0.2) is 54.6 Å². The number of halogens is 1. The molecule has 0 atom stereocenters. The number of carbonyl (C=O) groups excluding carboxylic acids is 1. The molecular weight excluding hydrogens is 417 g/mol. The van der Waals surface area contributed by atoms with Gasteiger partial charge in [-0.1, -0.05) is 50.1 Å². The van der Waals surface area contributed by atoms with E-state index in [2.05, 4.69) is 0 Å². The van der Waals surface area contributed by atoms with Crippen molar-refractivity contribution in [3.63, 3.8) is 0 Å². The standard InChI is InChI=1S/C27H30FN3O2/c1-2-24-22(18-30(20-16-17-20)26(32)19-10-6-7-11-19)27(33-25-15-9-8-14-23(25)28)31(29-24)21-12-4-3-5-13-21/h3-5,8-9,12-15,19-20H,2,6-7,10-11,16-18H2,1H3. The lowest BCUT2D eigenvalue weighted by Gasteiger charge is -2.26. The predicted octanol–water partition coefficient (Wildman–Crippen LogP) is 6.05. The van der Waals surface area contributed by atoms with Crippen LogP contribution < -0.4 is 4.74 Å². The van der Waals surface area contributed by atoms with Gasteiger partial charge in [0.15, 0.2) is 11.6 Å². The van der Waals surface area contributed by atoms with Gasteiger partial charge in [-0.05, 0) is 56.4 Å². The van der Waals surface area contributed by atoms with E-state index < -0.39 is 5.82 Å². The van der Waals surface area contributed by atoms with Gasteiger partial charge in [-0.2, -0.15) is 5.10 Å². The van der Waals surface area contributed by atoms with Crippen molar-refractivity contribution in [1.29, 1.82) is 0 Å². The van der Waals surface area contributed by atoms with Crippen molar-refractivity contribution in [2.75, 3.05) is 0 Å². The highest BCUT2D eigenvalue weighted by molar-refractivity contribution is 5.80. The Morgan fingerprint density at radius 2 is 1.76 bits per heavy atom. The molecule has 2 aliphatic rings. The van der Waals surface area contributed by atoms with E-state index in [0.717, 1.165) is 55.5 Å². The molecule has 33 heavy (non-hydrogen) atoms. The van der Waals surface area contributed by atoms with Crippen LogP contribution in [0.4, 0.5) is 4.39 Å². The van der Waals surface area contributed by atoms with E-state index in [-0.39, 0.29) is 23.6 Å². The van der Waals surface area contributed by atoms with Crippen molar-refractivity contribution in [3.8, 4) is 17.3 Å². The van der Waals surface area contributed by atoms with Crippen molar-refractivity contribution < 1.29 is 13.9 Å². The van der Waals surface area contributed by atoms with Crippen molar-refractivity contribution in [2.24, 2.45) is 5.92 Å². The molecule has 0 bridgehead atoms. The zero-order chi connectivity index (χ0) is 22.8. The van der Waals surface area contributed by atoms with Crippen LogP contribution in [-0.4, -0.2) is 26.6 Å². The Hall–Kier alpha value is -3.15. The molecule has 3 aromatic rings. The van der Waals surface area contributed by atoms with Gasteiger partial charge in [-0.25, -0.2) is 9.07 Å². The number of aromatic nitrogens is 2. The largest absolute Gasteiger partial charge is 0.435 e. The summed E-state index contributed by atoms with van der Waals surface area (Å²) in [5.74, 6) is 0.576. The summed E-state index contributed by atoms with van der Waals surface area (Å²) >= 11 is 0. The summed E-state index contributed by atoms with van der Waals surface area (Å²) in [7, 11) is 0. The van der Waals surface area contributed by atoms with Crippen LogP contribution in [0.1, 0.15) is 56.7 Å². The molecule has 6 heteroatoms. The summed E-state index contributed by atoms with van der Waals surface area (Å²) < 4.78 is 22.5. The molecule has 0 aliphatic heterocycles. The lowest BCUT2D eigenvalue weighted by Crippen LogP contribution is -2.36. The minimum absolute atomic E-state index is 0.121. The van der Waals surface area contributed by atoms with E-state index in [9.17, 15) is 9.18 Å². The maximum absolute atomic E-state index is 14.5. The van der Waals surface area contributed by atoms with Gasteiger partial charge in [0, 0.05) is 12.0 Å². The normalized spacial score (nSPS) is 16.2. The minimum atomic E-state index is -0.427. The lowest BCUT2D eigenvalue weighted by atomic mass is 10.1. The Balaban J connectivity index is 1.57. The molecule has 1 amide bonds. The van der Waals surface area contributed by atoms with Crippen LogP contribution in [0.2, 0.25) is 0 Å². The molecule has 0 N–H and O–H groups in total. The number of benzene rings is 2. The first kappa shape index (κ1) is 21.7. The third-order valence-electron chi connectivity index (χ3n) is 6.70. The number of aryl methyl sites for hydroxylation is 1. The molecule has 1 heterocycles. The van der Waals surface area contributed by atoms with E-state index in [0.29, 0.717) is 18.8 Å². The molecule has 0 unspecified atom stereocenters. The first-order chi connectivity index (χ1) is 16.2. The Morgan fingerprint density at radius 3 is 2.42 bits per heavy atom. The molecule has 2 aromatic carbocycles. The van der Waals surface area contributed by atoms with Crippen molar-refractivity contribution in [3.05, 3.63) is 71.7 Å². The van der Waals surface area contributed by atoms with Gasteiger partial charge >= 0.3 is 0 Å². The number of nitrogens with zero attached hydrogens (tertiary/aromatic N) is 3. The number of amides is 1. The smallest absolute Gasteiger partial charge is 0.228 e. The second-order valence-electron chi connectivity index (χ2n) is 9.04. The van der Waals surface area contributed by atoms with Gasteiger partial charge in [-0.3, -0.25) is 4.79 Å². The predicted molar refractivity (Wildman–Crippen MR) is 125 cm³/mol. The SMILES string of the molecule is CCc1nn(-c2ccccc2)c(Oc2ccccc2F)c1CN(C(=O)C1CCCC1)C1CC1. The van der Waals surface area contributed by atoms with E-state index in [1.165, 1.54) is 6.07 Å². The summed E-state index contributed by atoms with van der Waals surface area (Å²) in [5, 5.41) is 4.85. The molecule has 2 aliphatic carbocycles. The van der Waals surface area contributed by atoms with Gasteiger partial charge in [0.2, 0.25) is 11.8 Å². The lowest BCUT2D eigenvalue weighted by molar-refractivity contribution is -0.136. The Kier molecular flexibility index (Phi) is 6.16. The maximum Gasteiger partial charge on any atom is 0.228 e. The van der Waals surface area contributed by atoms with Crippen molar-refractivity contribution in [2.45, 2.75) is 64.5 Å². The Morgan fingerprint density at radius 1 is 1.06 bits per heavy atom. The first-order valence-corrected chi connectivity index (χ1v) is 12.0. The second-order valence-corrected chi connectivity index (χ2v) is 9.04. The van der Waals surface area contributed by atoms with E-state index in [1.807, 2.05) is 42.2 Å². The van der Waals surface area contributed by atoms with E-state index in [4.69, 9.17) is 9.84 Å². The van der Waals surface area contributed by atoms with Crippen molar-refractivity contribution in [1.82, 2.24) is 14.7 Å². The van der Waals surface area contributed by atoms with Crippen LogP contribution in [0.25, 0.3) is 5.69 Å². The number of carbonyl (C=O) groups is 1. The number of hydrogen-bond acceptors (Lipinski definition) is 3. The number of hydrogen-bond donors (Lipinski definition) is 0. The molecular formula is C27H30FN3O2. The van der Waals surface area contributed by atoms with Crippen LogP contribution in [-0.2, 0) is 17.8 Å². The molecule has 5 nitrogen and oxygen atoms in total. The molecule has 2 fully saturated rings. The van der Waals surface area contributed by atoms with Crippen LogP contribution >= 0.6 is 0 Å². The zero-order valence-electron chi connectivity index (χ0n) is 19.0. The fourth-order valence-electron chi connectivity index (χ4n) is 4.75. The molecule has 0 radical (unpaired) electrons. The molecule has 0 saturated heterocycles. The van der Waals surface area contributed by atoms with Gasteiger partial charge in [0.05, 0.1) is 23.5 Å². The Labute approximate surface area is 194 Å². The molecule has 1 aromatic heterocycles. The summed E-state index contributed by atoms with van der Waals surface area (Å²) in [5.41, 5.74) is 2.57. The van der Waals surface area contributed by atoms with Crippen LogP contribution in [0.3, 0.4) is 0 Å². The van der Waals surface area contributed by atoms with Crippen LogP contribution in [0.5, 0.6) is 11.6 Å². The number of ether oxygens (including phenoxy) is 1. The third kappa shape index (κ3) is 4.52. The maximum atomic E-state index is 14.5.